The Morgan fingerprint density at radius 3 is 2.13 bits per heavy atom. The minimum atomic E-state index is -2.57. The predicted octanol–water partition coefficient (Wildman–Crippen LogP) is 5.04. The second-order valence-corrected chi connectivity index (χ2v) is 8.74. The maximum absolute atomic E-state index is 12.4. The summed E-state index contributed by atoms with van der Waals surface area (Å²) in [4.78, 5) is 0. The monoisotopic (exact) mass is 332 g/mol. The highest BCUT2D eigenvalue weighted by Crippen LogP contribution is 2.46. The maximum atomic E-state index is 12.4. The Hall–Kier alpha value is -1.57. The van der Waals surface area contributed by atoms with Crippen LogP contribution in [0, 0.1) is 13.8 Å². The van der Waals surface area contributed by atoms with Gasteiger partial charge in [0.05, 0.1) is 6.61 Å². The summed E-state index contributed by atoms with van der Waals surface area (Å²) >= 11 is 0. The lowest BCUT2D eigenvalue weighted by atomic mass is 9.94. The fourth-order valence-electron chi connectivity index (χ4n) is 2.92. The smallest absolute Gasteiger partial charge is 0.204 e. The van der Waals surface area contributed by atoms with Crippen LogP contribution in [-0.2, 0) is 21.7 Å². The predicted molar refractivity (Wildman–Crippen MR) is 95.7 cm³/mol. The summed E-state index contributed by atoms with van der Waals surface area (Å²) in [5, 5.41) is 9.38. The number of hydrogen-bond donors (Lipinski definition) is 1. The molecule has 124 valence electrons. The number of rotatable bonds is 6. The molecule has 0 saturated carbocycles. The molecule has 0 aliphatic carbocycles. The standard InChI is InChI=1S/C19H25O3P/c1-5-22-23(4,21)13-17-10-14(2)19(15(3)11-17)12-16-6-8-18(20)9-7-16/h6-11,20H,5,12-13H2,1-4H3. The first-order chi connectivity index (χ1) is 10.8. The van der Waals surface area contributed by atoms with Crippen LogP contribution < -0.4 is 0 Å². The summed E-state index contributed by atoms with van der Waals surface area (Å²) in [5.41, 5.74) is 5.90. The molecule has 1 N–H and O–H groups in total. The molecule has 23 heavy (non-hydrogen) atoms. The molecule has 0 fully saturated rings. The Labute approximate surface area is 138 Å². The van der Waals surface area contributed by atoms with Crippen LogP contribution >= 0.6 is 7.37 Å². The fraction of sp³-hybridized carbons (Fsp3) is 0.368. The van der Waals surface area contributed by atoms with Crippen LogP contribution in [0.3, 0.4) is 0 Å². The molecule has 2 aromatic carbocycles. The Kier molecular flexibility index (Phi) is 5.67. The number of hydrogen-bond acceptors (Lipinski definition) is 3. The molecule has 0 aliphatic rings. The van der Waals surface area contributed by atoms with Crippen LogP contribution in [0.25, 0.3) is 0 Å². The van der Waals surface area contributed by atoms with Gasteiger partial charge < -0.3 is 9.63 Å². The topological polar surface area (TPSA) is 46.5 Å². The van der Waals surface area contributed by atoms with Gasteiger partial charge in [-0.3, -0.25) is 4.57 Å². The van der Waals surface area contributed by atoms with Gasteiger partial charge in [-0.15, -0.1) is 0 Å². The molecule has 0 saturated heterocycles. The van der Waals surface area contributed by atoms with Gasteiger partial charge in [0, 0.05) is 12.8 Å². The first-order valence-electron chi connectivity index (χ1n) is 7.88. The van der Waals surface area contributed by atoms with Gasteiger partial charge in [-0.1, -0.05) is 24.3 Å². The molecule has 0 heterocycles. The zero-order valence-corrected chi connectivity index (χ0v) is 15.2. The molecule has 4 heteroatoms. The highest BCUT2D eigenvalue weighted by molar-refractivity contribution is 7.57. The van der Waals surface area contributed by atoms with Gasteiger partial charge in [-0.25, -0.2) is 0 Å². The van der Waals surface area contributed by atoms with Crippen LogP contribution in [0.2, 0.25) is 0 Å². The highest BCUT2D eigenvalue weighted by atomic mass is 31.2. The highest BCUT2D eigenvalue weighted by Gasteiger charge is 2.17. The van der Waals surface area contributed by atoms with E-state index in [2.05, 4.69) is 26.0 Å². The van der Waals surface area contributed by atoms with Gasteiger partial charge in [-0.05, 0) is 67.1 Å². The number of aromatic hydroxyl groups is 1. The average molecular weight is 332 g/mol. The molecule has 1 atom stereocenters. The molecule has 0 bridgehead atoms. The van der Waals surface area contributed by atoms with Gasteiger partial charge in [0.2, 0.25) is 7.37 Å². The third kappa shape index (κ3) is 4.95. The summed E-state index contributed by atoms with van der Waals surface area (Å²) in [6, 6.07) is 11.5. The second-order valence-electron chi connectivity index (χ2n) is 6.14. The number of phenolic OH excluding ortho intramolecular Hbond substituents is 1. The number of aryl methyl sites for hydroxylation is 2. The van der Waals surface area contributed by atoms with Crippen molar-refractivity contribution in [2.45, 2.75) is 33.4 Å². The van der Waals surface area contributed by atoms with Gasteiger partial charge >= 0.3 is 0 Å². The molecule has 2 aromatic rings. The SMILES string of the molecule is CCOP(C)(=O)Cc1cc(C)c(Cc2ccc(O)cc2)c(C)c1. The Bertz CT molecular complexity index is 697. The Morgan fingerprint density at radius 1 is 1.04 bits per heavy atom. The minimum absolute atomic E-state index is 0.284. The summed E-state index contributed by atoms with van der Waals surface area (Å²) < 4.78 is 17.7. The van der Waals surface area contributed by atoms with E-state index in [1.165, 1.54) is 16.7 Å². The summed E-state index contributed by atoms with van der Waals surface area (Å²) in [7, 11) is -2.57. The van der Waals surface area contributed by atoms with Crippen LogP contribution in [0.5, 0.6) is 5.75 Å². The number of phenols is 1. The molecule has 0 aromatic heterocycles. The first kappa shape index (κ1) is 17.8. The molecule has 0 spiro atoms. The lowest BCUT2D eigenvalue weighted by Crippen LogP contribution is -1.99. The van der Waals surface area contributed by atoms with Crippen molar-refractivity contribution >= 4 is 7.37 Å². The molecular formula is C19H25O3P. The molecule has 0 aliphatic heterocycles. The normalized spacial score (nSPS) is 13.7. The quantitative estimate of drug-likeness (QED) is 0.754. The second kappa shape index (κ2) is 7.33. The Balaban J connectivity index is 2.23. The van der Waals surface area contributed by atoms with Crippen molar-refractivity contribution in [1.29, 1.82) is 0 Å². The summed E-state index contributed by atoms with van der Waals surface area (Å²) in [6.45, 7) is 8.23. The van der Waals surface area contributed by atoms with Crippen molar-refractivity contribution in [3.63, 3.8) is 0 Å². The average Bonchev–Trinajstić information content (AvgIpc) is 2.44. The third-order valence-corrected chi connectivity index (χ3v) is 5.69. The van der Waals surface area contributed by atoms with E-state index in [9.17, 15) is 9.67 Å². The van der Waals surface area contributed by atoms with E-state index < -0.39 is 7.37 Å². The zero-order chi connectivity index (χ0) is 17.0. The molecule has 3 nitrogen and oxygen atoms in total. The molecule has 2 rings (SSSR count). The van der Waals surface area contributed by atoms with Gasteiger partial charge in [0.25, 0.3) is 0 Å². The van der Waals surface area contributed by atoms with E-state index in [1.807, 2.05) is 19.1 Å². The van der Waals surface area contributed by atoms with E-state index in [1.54, 1.807) is 18.8 Å². The van der Waals surface area contributed by atoms with Gasteiger partial charge in [-0.2, -0.15) is 0 Å². The van der Waals surface area contributed by atoms with Crippen molar-refractivity contribution in [3.8, 4) is 5.75 Å². The van der Waals surface area contributed by atoms with Crippen molar-refractivity contribution in [2.24, 2.45) is 0 Å². The van der Waals surface area contributed by atoms with E-state index >= 15 is 0 Å². The van der Waals surface area contributed by atoms with E-state index in [-0.39, 0.29) is 5.75 Å². The van der Waals surface area contributed by atoms with Crippen LogP contribution in [-0.4, -0.2) is 18.4 Å². The van der Waals surface area contributed by atoms with Gasteiger partial charge in [0.1, 0.15) is 5.75 Å². The molecule has 1 unspecified atom stereocenters. The minimum Gasteiger partial charge on any atom is -0.508 e. The van der Waals surface area contributed by atoms with Crippen LogP contribution in [0.1, 0.15) is 34.7 Å². The van der Waals surface area contributed by atoms with E-state index in [0.717, 1.165) is 17.5 Å². The zero-order valence-electron chi connectivity index (χ0n) is 14.3. The number of benzene rings is 2. The van der Waals surface area contributed by atoms with Crippen molar-refractivity contribution < 1.29 is 14.2 Å². The van der Waals surface area contributed by atoms with E-state index in [4.69, 9.17) is 4.52 Å². The molecule has 0 amide bonds. The van der Waals surface area contributed by atoms with Crippen LogP contribution in [0.15, 0.2) is 36.4 Å². The lowest BCUT2D eigenvalue weighted by Gasteiger charge is -2.16. The maximum Gasteiger partial charge on any atom is 0.204 e. The van der Waals surface area contributed by atoms with E-state index in [0.29, 0.717) is 12.8 Å². The lowest BCUT2D eigenvalue weighted by molar-refractivity contribution is 0.336. The third-order valence-electron chi connectivity index (χ3n) is 3.95. The van der Waals surface area contributed by atoms with Gasteiger partial charge in [0.15, 0.2) is 0 Å². The fourth-order valence-corrected chi connectivity index (χ4v) is 4.40. The molecule has 0 radical (unpaired) electrons. The summed E-state index contributed by atoms with van der Waals surface area (Å²) in [6.07, 6.45) is 1.30. The van der Waals surface area contributed by atoms with Crippen molar-refractivity contribution in [3.05, 3.63) is 64.2 Å². The van der Waals surface area contributed by atoms with Crippen molar-refractivity contribution in [2.75, 3.05) is 13.3 Å². The van der Waals surface area contributed by atoms with Crippen LogP contribution in [0.4, 0.5) is 0 Å². The molecular weight excluding hydrogens is 307 g/mol. The van der Waals surface area contributed by atoms with Crippen molar-refractivity contribution in [1.82, 2.24) is 0 Å². The first-order valence-corrected chi connectivity index (χ1v) is 10.1. The summed E-state index contributed by atoms with van der Waals surface area (Å²) in [5.74, 6) is 0.284. The Morgan fingerprint density at radius 2 is 1.61 bits per heavy atom. The largest absolute Gasteiger partial charge is 0.508 e.